The van der Waals surface area contributed by atoms with E-state index < -0.39 is 35.7 Å². The zero-order chi connectivity index (χ0) is 15.5. The van der Waals surface area contributed by atoms with E-state index in [4.69, 9.17) is 10.2 Å². The van der Waals surface area contributed by atoms with Crippen molar-refractivity contribution in [1.29, 1.82) is 0 Å². The van der Waals surface area contributed by atoms with E-state index in [0.717, 1.165) is 11.5 Å². The van der Waals surface area contributed by atoms with E-state index in [1.165, 1.54) is 0 Å². The summed E-state index contributed by atoms with van der Waals surface area (Å²) in [6, 6.07) is -1.49. The summed E-state index contributed by atoms with van der Waals surface area (Å²) in [5.74, 6) is -3.40. The van der Waals surface area contributed by atoms with Crippen molar-refractivity contribution in [2.24, 2.45) is 0 Å². The standard InChI is InChI=1S/C11H15N3O5S/c1-11(2,3)8-7(20-14-13-8)9(17)12-5(10(18)19)4-6(15)16/h5H,4H2,1-3H3,(H,12,17)(H,15,16)(H,18,19). The molecule has 0 spiro atoms. The molecule has 1 amide bonds. The first-order valence-corrected chi connectivity index (χ1v) is 6.48. The second-order valence-corrected chi connectivity index (χ2v) is 5.92. The monoisotopic (exact) mass is 301 g/mol. The molecule has 0 bridgehead atoms. The molecule has 3 N–H and O–H groups in total. The number of rotatable bonds is 5. The maximum atomic E-state index is 12.0. The maximum Gasteiger partial charge on any atom is 0.326 e. The number of hydrogen-bond donors (Lipinski definition) is 3. The molecule has 0 fully saturated rings. The van der Waals surface area contributed by atoms with Crippen LogP contribution in [0.5, 0.6) is 0 Å². The molecule has 0 aliphatic heterocycles. The average molecular weight is 301 g/mol. The van der Waals surface area contributed by atoms with Crippen LogP contribution >= 0.6 is 11.5 Å². The SMILES string of the molecule is CC(C)(C)c1nnsc1C(=O)NC(CC(=O)O)C(=O)O. The summed E-state index contributed by atoms with van der Waals surface area (Å²) in [6.45, 7) is 5.52. The van der Waals surface area contributed by atoms with Crippen molar-refractivity contribution >= 4 is 29.4 Å². The Morgan fingerprint density at radius 2 is 1.90 bits per heavy atom. The second kappa shape index (κ2) is 5.95. The van der Waals surface area contributed by atoms with Gasteiger partial charge in [0.2, 0.25) is 0 Å². The predicted octanol–water partition coefficient (Wildman–Crippen LogP) is 0.493. The van der Waals surface area contributed by atoms with Crippen LogP contribution in [0.3, 0.4) is 0 Å². The molecule has 0 saturated carbocycles. The second-order valence-electron chi connectivity index (χ2n) is 5.16. The number of carboxylic acid groups (broad SMARTS) is 2. The molecule has 1 aromatic rings. The van der Waals surface area contributed by atoms with Gasteiger partial charge in [0.15, 0.2) is 0 Å². The van der Waals surface area contributed by atoms with Gasteiger partial charge in [0.05, 0.1) is 12.1 Å². The molecule has 20 heavy (non-hydrogen) atoms. The predicted molar refractivity (Wildman–Crippen MR) is 69.8 cm³/mol. The molecular weight excluding hydrogens is 286 g/mol. The van der Waals surface area contributed by atoms with E-state index in [-0.39, 0.29) is 4.88 Å². The minimum atomic E-state index is -1.49. The molecule has 110 valence electrons. The van der Waals surface area contributed by atoms with Crippen molar-refractivity contribution in [3.63, 3.8) is 0 Å². The molecule has 8 nitrogen and oxygen atoms in total. The first-order valence-electron chi connectivity index (χ1n) is 5.71. The number of aromatic nitrogens is 2. The summed E-state index contributed by atoms with van der Waals surface area (Å²) >= 11 is 0.844. The number of nitrogens with one attached hydrogen (secondary N) is 1. The van der Waals surface area contributed by atoms with Crippen LogP contribution in [0.1, 0.15) is 42.6 Å². The fraction of sp³-hybridized carbons (Fsp3) is 0.545. The molecule has 1 heterocycles. The number of carbonyl (C=O) groups is 3. The van der Waals surface area contributed by atoms with Gasteiger partial charge in [0.25, 0.3) is 5.91 Å². The fourth-order valence-corrected chi connectivity index (χ4v) is 2.21. The van der Waals surface area contributed by atoms with Crippen molar-refractivity contribution in [3.8, 4) is 0 Å². The van der Waals surface area contributed by atoms with Crippen LogP contribution in [0.2, 0.25) is 0 Å². The summed E-state index contributed by atoms with van der Waals surface area (Å²) in [5, 5.41) is 23.6. The smallest absolute Gasteiger partial charge is 0.326 e. The first kappa shape index (κ1) is 16.0. The van der Waals surface area contributed by atoms with Gasteiger partial charge in [-0.1, -0.05) is 25.3 Å². The van der Waals surface area contributed by atoms with E-state index in [2.05, 4.69) is 14.9 Å². The molecule has 0 aromatic carbocycles. The minimum absolute atomic E-state index is 0.189. The largest absolute Gasteiger partial charge is 0.481 e. The lowest BCUT2D eigenvalue weighted by Gasteiger charge is -2.17. The van der Waals surface area contributed by atoms with Crippen molar-refractivity contribution in [2.75, 3.05) is 0 Å². The van der Waals surface area contributed by atoms with E-state index in [1.54, 1.807) is 0 Å². The average Bonchev–Trinajstić information content (AvgIpc) is 2.75. The minimum Gasteiger partial charge on any atom is -0.481 e. The van der Waals surface area contributed by atoms with Gasteiger partial charge in [0, 0.05) is 5.41 Å². The zero-order valence-corrected chi connectivity index (χ0v) is 12.0. The Morgan fingerprint density at radius 3 is 2.35 bits per heavy atom. The van der Waals surface area contributed by atoms with Gasteiger partial charge in [-0.3, -0.25) is 9.59 Å². The third-order valence-electron chi connectivity index (χ3n) is 2.39. The third-order valence-corrected chi connectivity index (χ3v) is 3.11. The first-order chi connectivity index (χ1) is 9.12. The number of carbonyl (C=O) groups excluding carboxylic acids is 1. The molecule has 0 aliphatic rings. The van der Waals surface area contributed by atoms with Crippen LogP contribution < -0.4 is 5.32 Å². The number of hydrogen-bond acceptors (Lipinski definition) is 6. The Balaban J connectivity index is 2.93. The summed E-state index contributed by atoms with van der Waals surface area (Å²) in [7, 11) is 0. The van der Waals surface area contributed by atoms with E-state index >= 15 is 0 Å². The quantitative estimate of drug-likeness (QED) is 0.721. The molecule has 1 atom stereocenters. The highest BCUT2D eigenvalue weighted by molar-refractivity contribution is 7.08. The highest BCUT2D eigenvalue weighted by Gasteiger charge is 2.29. The lowest BCUT2D eigenvalue weighted by Crippen LogP contribution is -2.42. The number of amides is 1. The Kier molecular flexibility index (Phi) is 4.77. The molecular formula is C11H15N3O5S. The molecule has 9 heteroatoms. The molecule has 1 rings (SSSR count). The lowest BCUT2D eigenvalue weighted by molar-refractivity contribution is -0.145. The van der Waals surface area contributed by atoms with Crippen LogP contribution in [0.4, 0.5) is 0 Å². The van der Waals surface area contributed by atoms with Gasteiger partial charge in [-0.05, 0) is 11.5 Å². The molecule has 0 saturated heterocycles. The molecule has 0 radical (unpaired) electrons. The Bertz CT molecular complexity index is 534. The Morgan fingerprint density at radius 1 is 1.30 bits per heavy atom. The molecule has 0 aliphatic carbocycles. The van der Waals surface area contributed by atoms with Crippen molar-refractivity contribution in [3.05, 3.63) is 10.6 Å². The van der Waals surface area contributed by atoms with E-state index in [1.807, 2.05) is 20.8 Å². The van der Waals surface area contributed by atoms with Gasteiger partial charge >= 0.3 is 11.9 Å². The molecule has 1 aromatic heterocycles. The Hall–Kier alpha value is -2.03. The van der Waals surface area contributed by atoms with Crippen molar-refractivity contribution in [2.45, 2.75) is 38.6 Å². The van der Waals surface area contributed by atoms with Gasteiger partial charge in [-0.15, -0.1) is 5.10 Å². The maximum absolute atomic E-state index is 12.0. The van der Waals surface area contributed by atoms with Crippen LogP contribution in [0, 0.1) is 0 Å². The van der Waals surface area contributed by atoms with Gasteiger partial charge in [-0.2, -0.15) is 0 Å². The highest BCUT2D eigenvalue weighted by Crippen LogP contribution is 2.25. The fourth-order valence-electron chi connectivity index (χ4n) is 1.43. The highest BCUT2D eigenvalue weighted by atomic mass is 32.1. The van der Waals surface area contributed by atoms with Gasteiger partial charge in [0.1, 0.15) is 10.9 Å². The van der Waals surface area contributed by atoms with E-state index in [9.17, 15) is 14.4 Å². The van der Waals surface area contributed by atoms with Gasteiger partial charge < -0.3 is 15.5 Å². The topological polar surface area (TPSA) is 129 Å². The van der Waals surface area contributed by atoms with Crippen LogP contribution in [0.15, 0.2) is 0 Å². The number of nitrogens with zero attached hydrogens (tertiary/aromatic N) is 2. The Labute approximate surface area is 119 Å². The van der Waals surface area contributed by atoms with Crippen molar-refractivity contribution in [1.82, 2.24) is 14.9 Å². The van der Waals surface area contributed by atoms with Gasteiger partial charge in [-0.25, -0.2) is 4.79 Å². The van der Waals surface area contributed by atoms with Crippen LogP contribution in [-0.4, -0.2) is 43.7 Å². The number of carboxylic acids is 2. The lowest BCUT2D eigenvalue weighted by atomic mass is 9.91. The third kappa shape index (κ3) is 3.98. The van der Waals surface area contributed by atoms with Crippen LogP contribution in [0.25, 0.3) is 0 Å². The summed E-state index contributed by atoms with van der Waals surface area (Å²) in [4.78, 5) is 33.7. The summed E-state index contributed by atoms with van der Waals surface area (Å²) in [6.07, 6.45) is -0.696. The zero-order valence-electron chi connectivity index (χ0n) is 11.2. The molecule has 1 unspecified atom stereocenters. The van der Waals surface area contributed by atoms with E-state index in [0.29, 0.717) is 5.69 Å². The van der Waals surface area contributed by atoms with Crippen LogP contribution in [-0.2, 0) is 15.0 Å². The van der Waals surface area contributed by atoms with Crippen molar-refractivity contribution < 1.29 is 24.6 Å². The summed E-state index contributed by atoms with van der Waals surface area (Å²) in [5.41, 5.74) is 0.0185. The number of aliphatic carboxylic acids is 2. The summed E-state index contributed by atoms with van der Waals surface area (Å²) < 4.78 is 3.69. The normalized spacial score (nSPS) is 12.8.